The minimum atomic E-state index is -0.392. The molecule has 1 aromatic carbocycles. The van der Waals surface area contributed by atoms with Crippen LogP contribution in [-0.2, 0) is 4.74 Å². The Morgan fingerprint density at radius 1 is 1.56 bits per heavy atom. The molecule has 18 heavy (non-hydrogen) atoms. The summed E-state index contributed by atoms with van der Waals surface area (Å²) in [5.41, 5.74) is 0.728. The summed E-state index contributed by atoms with van der Waals surface area (Å²) in [6.45, 7) is 2.57. The zero-order valence-corrected chi connectivity index (χ0v) is 11.9. The van der Waals surface area contributed by atoms with Crippen molar-refractivity contribution >= 4 is 27.7 Å². The molecule has 0 spiro atoms. The van der Waals surface area contributed by atoms with E-state index in [0.717, 1.165) is 29.7 Å². The van der Waals surface area contributed by atoms with Gasteiger partial charge in [-0.2, -0.15) is 0 Å². The van der Waals surface area contributed by atoms with Gasteiger partial charge in [-0.3, -0.25) is 5.32 Å². The van der Waals surface area contributed by atoms with Gasteiger partial charge in [-0.25, -0.2) is 4.79 Å². The molecule has 0 radical (unpaired) electrons. The molecule has 1 unspecified atom stereocenters. The third kappa shape index (κ3) is 3.71. The molecule has 1 fully saturated rings. The number of hydrogen-bond acceptors (Lipinski definition) is 3. The van der Waals surface area contributed by atoms with Crippen LogP contribution in [-0.4, -0.2) is 37.7 Å². The number of para-hydroxylation sites is 1. The lowest BCUT2D eigenvalue weighted by molar-refractivity contribution is 0.142. The number of anilines is 1. The lowest BCUT2D eigenvalue weighted by Crippen LogP contribution is -2.21. The Hall–Kier alpha value is -1.07. The van der Waals surface area contributed by atoms with Crippen molar-refractivity contribution in [3.8, 4) is 0 Å². The number of hydrogen-bond donors (Lipinski definition) is 1. The standard InChI is InChI=1S/C13H17BrN2O2/c1-16-7-6-10(8-16)9-18-13(17)15-12-5-3-2-4-11(12)14/h2-5,10H,6-9H2,1H3,(H,15,17). The summed E-state index contributed by atoms with van der Waals surface area (Å²) < 4.78 is 6.09. The highest BCUT2D eigenvalue weighted by Crippen LogP contribution is 2.21. The molecule has 1 amide bonds. The topological polar surface area (TPSA) is 41.6 Å². The second kappa shape index (κ2) is 6.20. The molecular formula is C13H17BrN2O2. The van der Waals surface area contributed by atoms with Crippen LogP contribution in [0, 0.1) is 5.92 Å². The minimum absolute atomic E-state index is 0.392. The fourth-order valence-corrected chi connectivity index (χ4v) is 2.45. The monoisotopic (exact) mass is 312 g/mol. The van der Waals surface area contributed by atoms with Gasteiger partial charge in [-0.1, -0.05) is 12.1 Å². The first kappa shape index (κ1) is 13.4. The first-order chi connectivity index (χ1) is 8.65. The van der Waals surface area contributed by atoms with E-state index < -0.39 is 6.09 Å². The number of nitrogens with one attached hydrogen (secondary N) is 1. The smallest absolute Gasteiger partial charge is 0.411 e. The Balaban J connectivity index is 1.77. The third-order valence-corrected chi connectivity index (χ3v) is 3.74. The number of benzene rings is 1. The third-order valence-electron chi connectivity index (χ3n) is 3.05. The quantitative estimate of drug-likeness (QED) is 0.933. The van der Waals surface area contributed by atoms with Gasteiger partial charge in [0.25, 0.3) is 0 Å². The lowest BCUT2D eigenvalue weighted by atomic mass is 10.1. The van der Waals surface area contributed by atoms with Gasteiger partial charge in [0, 0.05) is 16.9 Å². The second-order valence-corrected chi connectivity index (χ2v) is 5.47. The van der Waals surface area contributed by atoms with Gasteiger partial charge in [0.1, 0.15) is 0 Å². The summed E-state index contributed by atoms with van der Waals surface area (Å²) in [6, 6.07) is 7.47. The normalized spacial score (nSPS) is 19.8. The average molecular weight is 313 g/mol. The van der Waals surface area contributed by atoms with Crippen LogP contribution < -0.4 is 5.32 Å². The van der Waals surface area contributed by atoms with Crippen LogP contribution in [0.15, 0.2) is 28.7 Å². The van der Waals surface area contributed by atoms with Gasteiger partial charge in [0.05, 0.1) is 12.3 Å². The van der Waals surface area contributed by atoms with E-state index in [9.17, 15) is 4.79 Å². The molecule has 0 aromatic heterocycles. The number of carbonyl (C=O) groups is 1. The van der Waals surface area contributed by atoms with Crippen LogP contribution in [0.2, 0.25) is 0 Å². The van der Waals surface area contributed by atoms with Gasteiger partial charge in [-0.15, -0.1) is 0 Å². The Labute approximate surface area is 115 Å². The number of ether oxygens (including phenoxy) is 1. The number of nitrogens with zero attached hydrogens (tertiary/aromatic N) is 1. The van der Waals surface area contributed by atoms with Crippen LogP contribution in [0.5, 0.6) is 0 Å². The molecule has 0 bridgehead atoms. The Kier molecular flexibility index (Phi) is 4.60. The molecule has 98 valence electrons. The maximum Gasteiger partial charge on any atom is 0.411 e. The molecule has 1 aliphatic heterocycles. The molecule has 1 aliphatic rings. The van der Waals surface area contributed by atoms with E-state index in [1.807, 2.05) is 24.3 Å². The Bertz CT molecular complexity index is 425. The zero-order chi connectivity index (χ0) is 13.0. The second-order valence-electron chi connectivity index (χ2n) is 4.62. The van der Waals surface area contributed by atoms with Crippen molar-refractivity contribution < 1.29 is 9.53 Å². The Morgan fingerprint density at radius 2 is 2.33 bits per heavy atom. The van der Waals surface area contributed by atoms with Gasteiger partial charge in [0.15, 0.2) is 0 Å². The maximum atomic E-state index is 11.6. The zero-order valence-electron chi connectivity index (χ0n) is 10.4. The van der Waals surface area contributed by atoms with Crippen molar-refractivity contribution in [2.45, 2.75) is 6.42 Å². The fourth-order valence-electron chi connectivity index (χ4n) is 2.06. The fraction of sp³-hybridized carbons (Fsp3) is 0.462. The van der Waals surface area contributed by atoms with Crippen molar-refractivity contribution in [2.24, 2.45) is 5.92 Å². The van der Waals surface area contributed by atoms with Crippen molar-refractivity contribution in [1.29, 1.82) is 0 Å². The van der Waals surface area contributed by atoms with Crippen molar-refractivity contribution in [3.63, 3.8) is 0 Å². The molecule has 0 saturated carbocycles. The SMILES string of the molecule is CN1CCC(COC(=O)Nc2ccccc2Br)C1. The first-order valence-electron chi connectivity index (χ1n) is 6.02. The maximum absolute atomic E-state index is 11.6. The minimum Gasteiger partial charge on any atom is -0.449 e. The molecule has 5 heteroatoms. The number of halogens is 1. The average Bonchev–Trinajstić information content (AvgIpc) is 2.76. The molecule has 4 nitrogen and oxygen atoms in total. The summed E-state index contributed by atoms with van der Waals surface area (Å²) >= 11 is 3.37. The molecule has 1 aromatic rings. The highest BCUT2D eigenvalue weighted by molar-refractivity contribution is 9.10. The van der Waals surface area contributed by atoms with Crippen molar-refractivity contribution in [3.05, 3.63) is 28.7 Å². The summed E-state index contributed by atoms with van der Waals surface area (Å²) in [5, 5.41) is 2.72. The van der Waals surface area contributed by atoms with E-state index in [4.69, 9.17) is 4.74 Å². The van der Waals surface area contributed by atoms with Crippen LogP contribution in [0.3, 0.4) is 0 Å². The molecular weight excluding hydrogens is 296 g/mol. The van der Waals surface area contributed by atoms with Crippen molar-refractivity contribution in [1.82, 2.24) is 4.90 Å². The van der Waals surface area contributed by atoms with Crippen LogP contribution in [0.1, 0.15) is 6.42 Å². The summed E-state index contributed by atoms with van der Waals surface area (Å²) in [7, 11) is 2.08. The molecule has 1 saturated heterocycles. The van der Waals surface area contributed by atoms with Crippen LogP contribution in [0.25, 0.3) is 0 Å². The number of amides is 1. The number of rotatable bonds is 3. The highest BCUT2D eigenvalue weighted by Gasteiger charge is 2.20. The highest BCUT2D eigenvalue weighted by atomic mass is 79.9. The van der Waals surface area contributed by atoms with Gasteiger partial charge in [-0.05, 0) is 48.1 Å². The summed E-state index contributed by atoms with van der Waals surface area (Å²) in [5.74, 6) is 0.458. The van der Waals surface area contributed by atoms with E-state index in [0.29, 0.717) is 12.5 Å². The largest absolute Gasteiger partial charge is 0.449 e. The van der Waals surface area contributed by atoms with E-state index in [2.05, 4.69) is 33.2 Å². The van der Waals surface area contributed by atoms with Crippen LogP contribution in [0.4, 0.5) is 10.5 Å². The van der Waals surface area contributed by atoms with Gasteiger partial charge in [0.2, 0.25) is 0 Å². The predicted octanol–water partition coefficient (Wildman–Crippen LogP) is 2.95. The predicted molar refractivity (Wildman–Crippen MR) is 74.7 cm³/mol. The van der Waals surface area contributed by atoms with Crippen LogP contribution >= 0.6 is 15.9 Å². The van der Waals surface area contributed by atoms with E-state index >= 15 is 0 Å². The molecule has 2 rings (SSSR count). The van der Waals surface area contributed by atoms with E-state index in [1.165, 1.54) is 0 Å². The number of likely N-dealkylation sites (tertiary alicyclic amines) is 1. The van der Waals surface area contributed by atoms with E-state index in [1.54, 1.807) is 0 Å². The van der Waals surface area contributed by atoms with E-state index in [-0.39, 0.29) is 0 Å². The molecule has 1 atom stereocenters. The van der Waals surface area contributed by atoms with Gasteiger partial charge >= 0.3 is 6.09 Å². The lowest BCUT2D eigenvalue weighted by Gasteiger charge is -2.12. The molecule has 1 heterocycles. The molecule has 0 aliphatic carbocycles. The van der Waals surface area contributed by atoms with Gasteiger partial charge < -0.3 is 9.64 Å². The molecule has 1 N–H and O–H groups in total. The Morgan fingerprint density at radius 3 is 3.00 bits per heavy atom. The first-order valence-corrected chi connectivity index (χ1v) is 6.81. The summed E-state index contributed by atoms with van der Waals surface area (Å²) in [6.07, 6.45) is 0.704. The summed E-state index contributed by atoms with van der Waals surface area (Å²) in [4.78, 5) is 13.9. The van der Waals surface area contributed by atoms with Crippen molar-refractivity contribution in [2.75, 3.05) is 32.1 Å². The number of carbonyl (C=O) groups excluding carboxylic acids is 1.